The van der Waals surface area contributed by atoms with Gasteiger partial charge in [0.15, 0.2) is 0 Å². The lowest BCUT2D eigenvalue weighted by molar-refractivity contribution is 0.256. The van der Waals surface area contributed by atoms with Gasteiger partial charge in [-0.15, -0.1) is 0 Å². The Morgan fingerprint density at radius 3 is 2.67 bits per heavy atom. The fourth-order valence-electron chi connectivity index (χ4n) is 4.54. The summed E-state index contributed by atoms with van der Waals surface area (Å²) in [7, 11) is -1.00. The molecule has 1 aliphatic heterocycles. The Hall–Kier alpha value is -2.21. The Morgan fingerprint density at radius 2 is 1.93 bits per heavy atom. The number of carbonyl (C=O) groups is 1. The molecule has 2 aliphatic rings. The number of anilines is 2. The lowest BCUT2D eigenvalue weighted by Crippen LogP contribution is -2.38. The summed E-state index contributed by atoms with van der Waals surface area (Å²) in [6, 6.07) is 12.1. The predicted octanol–water partition coefficient (Wildman–Crippen LogP) is 4.57. The zero-order valence-electron chi connectivity index (χ0n) is 15.3. The molecule has 0 saturated heterocycles. The van der Waals surface area contributed by atoms with E-state index in [4.69, 9.17) is 0 Å². The highest BCUT2D eigenvalue weighted by molar-refractivity contribution is 7.83. The molecule has 1 fully saturated rings. The number of hydrogen-bond acceptors (Lipinski definition) is 2. The number of fused-ring (bicyclic) bond motifs is 2. The standard InChI is InChI=1S/C21H23FN2O2S/c1-27(26)13-15-7-2-3-9-17(15)23-20(25)24-14-21(11-4-5-12-21)19-16(22)8-6-10-18(19)24/h2-3,6-10H,4-5,11-14H2,1H3,(H,23,25)/t27-/m0/s1. The maximum atomic E-state index is 14.7. The number of hydrogen-bond donors (Lipinski definition) is 1. The van der Waals surface area contributed by atoms with Gasteiger partial charge in [-0.1, -0.05) is 37.1 Å². The largest absolute Gasteiger partial charge is 0.326 e. The van der Waals surface area contributed by atoms with Crippen LogP contribution in [0.4, 0.5) is 20.6 Å². The summed E-state index contributed by atoms with van der Waals surface area (Å²) in [5.41, 5.74) is 2.60. The van der Waals surface area contributed by atoms with E-state index < -0.39 is 10.8 Å². The molecule has 27 heavy (non-hydrogen) atoms. The molecule has 0 bridgehead atoms. The van der Waals surface area contributed by atoms with Crippen LogP contribution in [0, 0.1) is 5.82 Å². The average molecular weight is 386 g/mol. The second kappa shape index (κ2) is 7.08. The zero-order chi connectivity index (χ0) is 19.0. The van der Waals surface area contributed by atoms with Crippen molar-refractivity contribution in [3.8, 4) is 0 Å². The highest BCUT2D eigenvalue weighted by Crippen LogP contribution is 2.51. The Labute approximate surface area is 161 Å². The summed E-state index contributed by atoms with van der Waals surface area (Å²) in [6.07, 6.45) is 5.59. The molecule has 0 unspecified atom stereocenters. The van der Waals surface area contributed by atoms with Gasteiger partial charge in [-0.05, 0) is 36.6 Å². The second-order valence-electron chi connectivity index (χ2n) is 7.51. The molecule has 4 rings (SSSR count). The summed E-state index contributed by atoms with van der Waals surface area (Å²) in [6.45, 7) is 0.511. The van der Waals surface area contributed by atoms with Crippen LogP contribution in [0.3, 0.4) is 0 Å². The first-order valence-corrected chi connectivity index (χ1v) is 11.0. The summed E-state index contributed by atoms with van der Waals surface area (Å²) in [4.78, 5) is 14.8. The van der Waals surface area contributed by atoms with Gasteiger partial charge in [0.1, 0.15) is 5.82 Å². The highest BCUT2D eigenvalue weighted by atomic mass is 32.2. The van der Waals surface area contributed by atoms with Crippen LogP contribution in [0.15, 0.2) is 42.5 Å². The van der Waals surface area contributed by atoms with Crippen molar-refractivity contribution in [3.63, 3.8) is 0 Å². The molecule has 2 amide bonds. The number of halogens is 1. The quantitative estimate of drug-likeness (QED) is 0.840. The molecule has 142 valence electrons. The predicted molar refractivity (Wildman–Crippen MR) is 107 cm³/mol. The first-order chi connectivity index (χ1) is 13.0. The third-order valence-corrected chi connectivity index (χ3v) is 6.41. The van der Waals surface area contributed by atoms with Crippen LogP contribution in [0.2, 0.25) is 0 Å². The van der Waals surface area contributed by atoms with Gasteiger partial charge in [0.2, 0.25) is 0 Å². The van der Waals surface area contributed by atoms with Crippen molar-refractivity contribution < 1.29 is 13.4 Å². The molecule has 1 saturated carbocycles. The molecule has 2 aromatic rings. The van der Waals surface area contributed by atoms with E-state index >= 15 is 0 Å². The summed E-state index contributed by atoms with van der Waals surface area (Å²) < 4.78 is 26.3. The van der Waals surface area contributed by atoms with Crippen molar-refractivity contribution in [1.29, 1.82) is 0 Å². The first-order valence-electron chi connectivity index (χ1n) is 9.26. The minimum Gasteiger partial charge on any atom is -0.307 e. The third-order valence-electron chi connectivity index (χ3n) is 5.70. The van der Waals surface area contributed by atoms with Gasteiger partial charge in [-0.3, -0.25) is 9.11 Å². The molecule has 2 aromatic carbocycles. The Morgan fingerprint density at radius 1 is 1.19 bits per heavy atom. The Balaban J connectivity index is 1.65. The van der Waals surface area contributed by atoms with Gasteiger partial charge in [0.05, 0.1) is 11.4 Å². The van der Waals surface area contributed by atoms with E-state index in [9.17, 15) is 13.4 Å². The van der Waals surface area contributed by atoms with Gasteiger partial charge in [-0.2, -0.15) is 0 Å². The molecule has 1 spiro atoms. The van der Waals surface area contributed by atoms with Crippen LogP contribution in [0.1, 0.15) is 36.8 Å². The van der Waals surface area contributed by atoms with Crippen molar-refractivity contribution in [1.82, 2.24) is 0 Å². The summed E-state index contributed by atoms with van der Waals surface area (Å²) in [5, 5.41) is 2.95. The van der Waals surface area contributed by atoms with E-state index in [-0.39, 0.29) is 17.3 Å². The fraction of sp³-hybridized carbons (Fsp3) is 0.381. The van der Waals surface area contributed by atoms with Crippen LogP contribution >= 0.6 is 0 Å². The lowest BCUT2D eigenvalue weighted by atomic mass is 9.80. The second-order valence-corrected chi connectivity index (χ2v) is 8.95. The molecule has 0 aromatic heterocycles. The van der Waals surface area contributed by atoms with Crippen LogP contribution in [0.25, 0.3) is 0 Å². The van der Waals surface area contributed by atoms with Gasteiger partial charge in [-0.25, -0.2) is 9.18 Å². The minimum absolute atomic E-state index is 0.216. The summed E-state index contributed by atoms with van der Waals surface area (Å²) >= 11 is 0. The number of amides is 2. The molecular weight excluding hydrogens is 363 g/mol. The van der Waals surface area contributed by atoms with Crippen molar-refractivity contribution >= 4 is 28.2 Å². The SMILES string of the molecule is C[S@](=O)Cc1ccccc1NC(=O)N1CC2(CCCC2)c2c(F)cccc21. The van der Waals surface area contributed by atoms with Crippen LogP contribution < -0.4 is 10.2 Å². The van der Waals surface area contributed by atoms with Gasteiger partial charge in [0.25, 0.3) is 0 Å². The van der Waals surface area contributed by atoms with E-state index in [0.717, 1.165) is 31.2 Å². The lowest BCUT2D eigenvalue weighted by Gasteiger charge is -2.25. The smallest absolute Gasteiger partial charge is 0.307 e. The zero-order valence-corrected chi connectivity index (χ0v) is 16.2. The van der Waals surface area contributed by atoms with Gasteiger partial charge >= 0.3 is 6.03 Å². The number of rotatable bonds is 3. The minimum atomic E-state index is -1.00. The van der Waals surface area contributed by atoms with Gasteiger partial charge in [0, 0.05) is 40.3 Å². The number of carbonyl (C=O) groups excluding carboxylic acids is 1. The number of para-hydroxylation sites is 1. The normalized spacial score (nSPS) is 18.5. The van der Waals surface area contributed by atoms with E-state index in [1.165, 1.54) is 6.07 Å². The van der Waals surface area contributed by atoms with Crippen molar-refractivity contribution in [2.45, 2.75) is 36.9 Å². The molecule has 6 heteroatoms. The topological polar surface area (TPSA) is 49.4 Å². The Kier molecular flexibility index (Phi) is 4.76. The molecule has 1 N–H and O–H groups in total. The van der Waals surface area contributed by atoms with Crippen molar-refractivity contribution in [3.05, 3.63) is 59.4 Å². The number of nitrogens with zero attached hydrogens (tertiary/aromatic N) is 1. The number of nitrogens with one attached hydrogen (secondary N) is 1. The third kappa shape index (κ3) is 3.27. The Bertz CT molecular complexity index is 909. The van der Waals surface area contributed by atoms with E-state index in [1.807, 2.05) is 30.3 Å². The monoisotopic (exact) mass is 386 g/mol. The highest BCUT2D eigenvalue weighted by Gasteiger charge is 2.48. The number of benzene rings is 2. The van der Waals surface area contributed by atoms with Gasteiger partial charge < -0.3 is 5.32 Å². The van der Waals surface area contributed by atoms with E-state index in [2.05, 4.69) is 5.32 Å². The average Bonchev–Trinajstić information content (AvgIpc) is 3.23. The van der Waals surface area contributed by atoms with Crippen molar-refractivity contribution in [2.24, 2.45) is 0 Å². The van der Waals surface area contributed by atoms with E-state index in [1.54, 1.807) is 17.2 Å². The molecule has 1 atom stereocenters. The number of urea groups is 1. The molecule has 0 radical (unpaired) electrons. The molecule has 1 heterocycles. The van der Waals surface area contributed by atoms with Crippen LogP contribution in [0.5, 0.6) is 0 Å². The molecular formula is C21H23FN2O2S. The van der Waals surface area contributed by atoms with Crippen LogP contribution in [-0.4, -0.2) is 23.0 Å². The first kappa shape index (κ1) is 18.2. The van der Waals surface area contributed by atoms with Crippen LogP contribution in [-0.2, 0) is 22.0 Å². The molecule has 4 nitrogen and oxygen atoms in total. The van der Waals surface area contributed by atoms with Crippen molar-refractivity contribution in [2.75, 3.05) is 23.0 Å². The van der Waals surface area contributed by atoms with E-state index in [0.29, 0.717) is 29.2 Å². The summed E-state index contributed by atoms with van der Waals surface area (Å²) in [5.74, 6) is 0.164. The molecule has 1 aliphatic carbocycles. The maximum Gasteiger partial charge on any atom is 0.326 e. The fourth-order valence-corrected chi connectivity index (χ4v) is 5.23. The maximum absolute atomic E-state index is 14.7.